The van der Waals surface area contributed by atoms with E-state index in [9.17, 15) is 0 Å². The monoisotopic (exact) mass is 267 g/mol. The SMILES string of the molecule is Cc1ccc(NC(C)C2(C)CC2)c(Br)c1. The quantitative estimate of drug-likeness (QED) is 0.858. The number of halogens is 1. The van der Waals surface area contributed by atoms with Crippen molar-refractivity contribution in [3.05, 3.63) is 28.2 Å². The van der Waals surface area contributed by atoms with Crippen LogP contribution in [0.2, 0.25) is 0 Å². The van der Waals surface area contributed by atoms with E-state index in [0.717, 1.165) is 0 Å². The third-order valence-corrected chi connectivity index (χ3v) is 4.24. The molecule has 1 nitrogen and oxygen atoms in total. The third-order valence-electron chi connectivity index (χ3n) is 3.58. The maximum atomic E-state index is 3.60. The van der Waals surface area contributed by atoms with Gasteiger partial charge in [0.15, 0.2) is 0 Å². The van der Waals surface area contributed by atoms with Crippen LogP contribution in [0.5, 0.6) is 0 Å². The molecule has 1 saturated carbocycles. The zero-order valence-corrected chi connectivity index (χ0v) is 11.2. The van der Waals surface area contributed by atoms with E-state index in [-0.39, 0.29) is 0 Å². The summed E-state index contributed by atoms with van der Waals surface area (Å²) >= 11 is 3.60. The molecule has 2 rings (SSSR count). The first-order chi connectivity index (χ1) is 7.01. The van der Waals surface area contributed by atoms with Crippen LogP contribution >= 0.6 is 15.9 Å². The van der Waals surface area contributed by atoms with Crippen LogP contribution in [0.1, 0.15) is 32.3 Å². The van der Waals surface area contributed by atoms with Gasteiger partial charge in [-0.15, -0.1) is 0 Å². The van der Waals surface area contributed by atoms with E-state index < -0.39 is 0 Å². The minimum Gasteiger partial charge on any atom is -0.381 e. The van der Waals surface area contributed by atoms with Crippen LogP contribution in [-0.2, 0) is 0 Å². The van der Waals surface area contributed by atoms with E-state index in [1.54, 1.807) is 0 Å². The molecule has 0 aromatic heterocycles. The molecule has 1 unspecified atom stereocenters. The van der Waals surface area contributed by atoms with Gasteiger partial charge in [-0.25, -0.2) is 0 Å². The molecular weight excluding hydrogens is 250 g/mol. The molecule has 1 aromatic rings. The van der Waals surface area contributed by atoms with Gasteiger partial charge in [0, 0.05) is 16.2 Å². The third kappa shape index (κ3) is 2.36. The standard InChI is InChI=1S/C13H18BrN/c1-9-4-5-12(11(14)8-9)15-10(2)13(3)6-7-13/h4-5,8,10,15H,6-7H2,1-3H3. The van der Waals surface area contributed by atoms with Crippen LogP contribution in [0, 0.1) is 12.3 Å². The Labute approximate surface area is 100 Å². The van der Waals surface area contributed by atoms with Gasteiger partial charge in [0.25, 0.3) is 0 Å². The van der Waals surface area contributed by atoms with Gasteiger partial charge in [-0.05, 0) is 65.7 Å². The lowest BCUT2D eigenvalue weighted by atomic mass is 10.0. The van der Waals surface area contributed by atoms with Crippen LogP contribution in [0.15, 0.2) is 22.7 Å². The Hall–Kier alpha value is -0.500. The normalized spacial score (nSPS) is 19.7. The van der Waals surface area contributed by atoms with E-state index >= 15 is 0 Å². The first-order valence-electron chi connectivity index (χ1n) is 5.54. The smallest absolute Gasteiger partial charge is 0.0487 e. The summed E-state index contributed by atoms with van der Waals surface area (Å²) in [4.78, 5) is 0. The second-order valence-corrected chi connectivity index (χ2v) is 5.86. The van der Waals surface area contributed by atoms with E-state index in [2.05, 4.69) is 60.2 Å². The minimum atomic E-state index is 0.518. The molecule has 0 radical (unpaired) electrons. The van der Waals surface area contributed by atoms with Crippen LogP contribution in [-0.4, -0.2) is 6.04 Å². The fourth-order valence-corrected chi connectivity index (χ4v) is 2.38. The van der Waals surface area contributed by atoms with E-state index in [0.29, 0.717) is 11.5 Å². The van der Waals surface area contributed by atoms with Gasteiger partial charge in [0.1, 0.15) is 0 Å². The molecule has 0 heterocycles. The van der Waals surface area contributed by atoms with Crippen molar-refractivity contribution in [3.63, 3.8) is 0 Å². The van der Waals surface area contributed by atoms with Gasteiger partial charge in [-0.1, -0.05) is 13.0 Å². The second kappa shape index (κ2) is 3.82. The van der Waals surface area contributed by atoms with Gasteiger partial charge < -0.3 is 5.32 Å². The summed E-state index contributed by atoms with van der Waals surface area (Å²) in [5.41, 5.74) is 3.02. The Balaban J connectivity index is 2.10. The summed E-state index contributed by atoms with van der Waals surface area (Å²) in [6, 6.07) is 7.01. The van der Waals surface area contributed by atoms with Crippen LogP contribution in [0.4, 0.5) is 5.69 Å². The molecule has 1 fully saturated rings. The molecule has 0 amide bonds. The molecule has 1 aliphatic rings. The molecule has 1 N–H and O–H groups in total. The van der Waals surface area contributed by atoms with Gasteiger partial charge in [0.05, 0.1) is 0 Å². The molecule has 0 spiro atoms. The first kappa shape index (κ1) is 11.0. The van der Waals surface area contributed by atoms with Gasteiger partial charge in [-0.3, -0.25) is 0 Å². The highest BCUT2D eigenvalue weighted by molar-refractivity contribution is 9.10. The highest BCUT2D eigenvalue weighted by Crippen LogP contribution is 2.49. The zero-order chi connectivity index (χ0) is 11.1. The van der Waals surface area contributed by atoms with Gasteiger partial charge in [-0.2, -0.15) is 0 Å². The van der Waals surface area contributed by atoms with Crippen molar-refractivity contribution < 1.29 is 0 Å². The van der Waals surface area contributed by atoms with Gasteiger partial charge in [0.2, 0.25) is 0 Å². The topological polar surface area (TPSA) is 12.0 Å². The largest absolute Gasteiger partial charge is 0.381 e. The van der Waals surface area contributed by atoms with Crippen LogP contribution < -0.4 is 5.32 Å². The number of hydrogen-bond donors (Lipinski definition) is 1. The van der Waals surface area contributed by atoms with Crippen molar-refractivity contribution in [2.75, 3.05) is 5.32 Å². The molecule has 82 valence electrons. The zero-order valence-electron chi connectivity index (χ0n) is 9.60. The second-order valence-electron chi connectivity index (χ2n) is 5.00. The Morgan fingerprint density at radius 2 is 2.07 bits per heavy atom. The molecule has 1 atom stereocenters. The van der Waals surface area contributed by atoms with Crippen LogP contribution in [0.3, 0.4) is 0 Å². The molecule has 0 aliphatic heterocycles. The Morgan fingerprint density at radius 1 is 1.40 bits per heavy atom. The predicted molar refractivity (Wildman–Crippen MR) is 69.3 cm³/mol. The average molecular weight is 268 g/mol. The van der Waals surface area contributed by atoms with E-state index in [4.69, 9.17) is 0 Å². The minimum absolute atomic E-state index is 0.518. The van der Waals surface area contributed by atoms with Crippen molar-refractivity contribution in [2.45, 2.75) is 39.7 Å². The Bertz CT molecular complexity index is 369. The van der Waals surface area contributed by atoms with Crippen molar-refractivity contribution >= 4 is 21.6 Å². The summed E-state index contributed by atoms with van der Waals surface area (Å²) in [7, 11) is 0. The number of hydrogen-bond acceptors (Lipinski definition) is 1. The molecular formula is C13H18BrN. The summed E-state index contributed by atoms with van der Waals surface area (Å²) in [5.74, 6) is 0. The molecule has 0 bridgehead atoms. The number of anilines is 1. The fraction of sp³-hybridized carbons (Fsp3) is 0.538. The molecule has 15 heavy (non-hydrogen) atoms. The van der Waals surface area contributed by atoms with Gasteiger partial charge >= 0.3 is 0 Å². The van der Waals surface area contributed by atoms with Crippen molar-refractivity contribution in [1.29, 1.82) is 0 Å². The maximum Gasteiger partial charge on any atom is 0.0487 e. The number of rotatable bonds is 3. The number of nitrogens with one attached hydrogen (secondary N) is 1. The van der Waals surface area contributed by atoms with E-state index in [1.807, 2.05) is 0 Å². The summed E-state index contributed by atoms with van der Waals surface area (Å²) in [6.45, 7) is 6.74. The lowest BCUT2D eigenvalue weighted by Gasteiger charge is -2.22. The molecule has 0 saturated heterocycles. The maximum absolute atomic E-state index is 3.60. The lowest BCUT2D eigenvalue weighted by Crippen LogP contribution is -2.25. The van der Waals surface area contributed by atoms with Crippen molar-refractivity contribution in [2.24, 2.45) is 5.41 Å². The summed E-state index contributed by atoms with van der Waals surface area (Å²) in [5, 5.41) is 3.59. The van der Waals surface area contributed by atoms with E-state index in [1.165, 1.54) is 28.6 Å². The summed E-state index contributed by atoms with van der Waals surface area (Å²) < 4.78 is 1.17. The van der Waals surface area contributed by atoms with Crippen molar-refractivity contribution in [1.82, 2.24) is 0 Å². The average Bonchev–Trinajstić information content (AvgIpc) is 2.90. The Morgan fingerprint density at radius 3 is 2.60 bits per heavy atom. The lowest BCUT2D eigenvalue weighted by molar-refractivity contribution is 0.493. The molecule has 1 aliphatic carbocycles. The van der Waals surface area contributed by atoms with Crippen molar-refractivity contribution in [3.8, 4) is 0 Å². The molecule has 2 heteroatoms. The Kier molecular flexibility index (Phi) is 2.80. The molecule has 1 aromatic carbocycles. The number of benzene rings is 1. The number of aryl methyl sites for hydroxylation is 1. The van der Waals surface area contributed by atoms with Crippen LogP contribution in [0.25, 0.3) is 0 Å². The summed E-state index contributed by atoms with van der Waals surface area (Å²) in [6.07, 6.45) is 2.70. The highest BCUT2D eigenvalue weighted by Gasteiger charge is 2.42. The fourth-order valence-electron chi connectivity index (χ4n) is 1.77. The predicted octanol–water partition coefficient (Wildman–Crippen LogP) is 4.36. The first-order valence-corrected chi connectivity index (χ1v) is 6.33. The highest BCUT2D eigenvalue weighted by atomic mass is 79.9.